The highest BCUT2D eigenvalue weighted by molar-refractivity contribution is 5.73. The molecule has 0 saturated heterocycles. The Bertz CT molecular complexity index is 261. The Balaban J connectivity index is 3.91. The molecule has 92 valence electrons. The molecule has 0 radical (unpaired) electrons. The van der Waals surface area contributed by atoms with Crippen molar-refractivity contribution in [2.45, 2.75) is 25.9 Å². The van der Waals surface area contributed by atoms with Gasteiger partial charge in [0.15, 0.2) is 0 Å². The van der Waals surface area contributed by atoms with Crippen LogP contribution >= 0.6 is 0 Å². The summed E-state index contributed by atoms with van der Waals surface area (Å²) < 4.78 is 14.3. The molecule has 0 spiro atoms. The maximum atomic E-state index is 11.3. The van der Waals surface area contributed by atoms with E-state index in [2.05, 4.69) is 11.3 Å². The second-order valence-electron chi connectivity index (χ2n) is 3.41. The number of hydrogen-bond acceptors (Lipinski definition) is 5. The lowest BCUT2D eigenvalue weighted by molar-refractivity contribution is -0.161. The molecular weight excluding hydrogens is 212 g/mol. The highest BCUT2D eigenvalue weighted by Crippen LogP contribution is 2.16. The van der Waals surface area contributed by atoms with Crippen LogP contribution in [0.2, 0.25) is 0 Å². The van der Waals surface area contributed by atoms with E-state index in [-0.39, 0.29) is 13.2 Å². The molecule has 0 saturated carbocycles. The van der Waals surface area contributed by atoms with Crippen molar-refractivity contribution in [2.75, 3.05) is 20.3 Å². The van der Waals surface area contributed by atoms with Crippen molar-refractivity contribution in [1.29, 1.82) is 0 Å². The summed E-state index contributed by atoms with van der Waals surface area (Å²) in [5.74, 6) is -1.07. The molecule has 0 bridgehead atoms. The van der Waals surface area contributed by atoms with Crippen molar-refractivity contribution >= 4 is 11.9 Å². The molecule has 5 nitrogen and oxygen atoms in total. The monoisotopic (exact) mass is 230 g/mol. The van der Waals surface area contributed by atoms with E-state index in [0.717, 1.165) is 0 Å². The standard InChI is InChI=1S/C11H18O5/c1-5-11(3,6-2)16-10(13)8-15-7-9(12)14-4/h5H,1,6-8H2,2-4H3. The smallest absolute Gasteiger partial charge is 0.332 e. The largest absolute Gasteiger partial charge is 0.467 e. The van der Waals surface area contributed by atoms with Crippen molar-refractivity contribution in [2.24, 2.45) is 0 Å². The number of carbonyl (C=O) groups is 2. The predicted octanol–water partition coefficient (Wildman–Crippen LogP) is 1.07. The van der Waals surface area contributed by atoms with Crippen molar-refractivity contribution in [3.8, 4) is 0 Å². The topological polar surface area (TPSA) is 61.8 Å². The average molecular weight is 230 g/mol. The quantitative estimate of drug-likeness (QED) is 0.483. The third-order valence-electron chi connectivity index (χ3n) is 2.15. The van der Waals surface area contributed by atoms with Gasteiger partial charge < -0.3 is 14.2 Å². The molecule has 0 N–H and O–H groups in total. The molecule has 1 unspecified atom stereocenters. The van der Waals surface area contributed by atoms with Crippen LogP contribution in [0.5, 0.6) is 0 Å². The Hall–Kier alpha value is -1.36. The Labute approximate surface area is 95.4 Å². The number of esters is 2. The van der Waals surface area contributed by atoms with Crippen LogP contribution in [0.3, 0.4) is 0 Å². The van der Waals surface area contributed by atoms with Crippen LogP contribution in [-0.2, 0) is 23.8 Å². The molecule has 1 atom stereocenters. The van der Waals surface area contributed by atoms with Crippen molar-refractivity contribution in [1.82, 2.24) is 0 Å². The lowest BCUT2D eigenvalue weighted by atomic mass is 10.0. The molecule has 5 heteroatoms. The van der Waals surface area contributed by atoms with Gasteiger partial charge >= 0.3 is 11.9 Å². The van der Waals surface area contributed by atoms with Crippen molar-refractivity contribution < 1.29 is 23.8 Å². The maximum Gasteiger partial charge on any atom is 0.332 e. The average Bonchev–Trinajstić information content (AvgIpc) is 2.28. The second kappa shape index (κ2) is 7.00. The van der Waals surface area contributed by atoms with Gasteiger partial charge in [-0.3, -0.25) is 0 Å². The Morgan fingerprint density at radius 3 is 2.31 bits per heavy atom. The van der Waals surface area contributed by atoms with Crippen LogP contribution in [0, 0.1) is 0 Å². The van der Waals surface area contributed by atoms with Gasteiger partial charge in [-0.1, -0.05) is 13.5 Å². The summed E-state index contributed by atoms with van der Waals surface area (Å²) in [5.41, 5.74) is -0.689. The molecule has 0 aromatic heterocycles. The molecule has 0 aliphatic rings. The van der Waals surface area contributed by atoms with Gasteiger partial charge in [-0.25, -0.2) is 9.59 Å². The SMILES string of the molecule is C=CC(C)(CC)OC(=O)COCC(=O)OC. The zero-order valence-electron chi connectivity index (χ0n) is 9.95. The zero-order chi connectivity index (χ0) is 12.6. The van der Waals surface area contributed by atoms with Gasteiger partial charge in [0.25, 0.3) is 0 Å². The molecular formula is C11H18O5. The zero-order valence-corrected chi connectivity index (χ0v) is 9.95. The molecule has 0 fully saturated rings. The molecule has 16 heavy (non-hydrogen) atoms. The molecule has 0 rings (SSSR count). The fourth-order valence-corrected chi connectivity index (χ4v) is 0.824. The van der Waals surface area contributed by atoms with E-state index in [1.165, 1.54) is 7.11 Å². The number of ether oxygens (including phenoxy) is 3. The lowest BCUT2D eigenvalue weighted by Crippen LogP contribution is -2.30. The Morgan fingerprint density at radius 1 is 1.31 bits per heavy atom. The van der Waals surface area contributed by atoms with E-state index in [9.17, 15) is 9.59 Å². The molecule has 0 amide bonds. The molecule has 0 aliphatic heterocycles. The lowest BCUT2D eigenvalue weighted by Gasteiger charge is -2.24. The summed E-state index contributed by atoms with van der Waals surface area (Å²) >= 11 is 0. The first kappa shape index (κ1) is 14.6. The number of carbonyl (C=O) groups excluding carboxylic acids is 2. The first-order valence-electron chi connectivity index (χ1n) is 4.97. The predicted molar refractivity (Wildman–Crippen MR) is 57.8 cm³/mol. The van der Waals surface area contributed by atoms with Gasteiger partial charge in [-0.2, -0.15) is 0 Å². The van der Waals surface area contributed by atoms with Crippen LogP contribution in [-0.4, -0.2) is 37.9 Å². The molecule has 0 aromatic rings. The second-order valence-corrected chi connectivity index (χ2v) is 3.41. The third-order valence-corrected chi connectivity index (χ3v) is 2.15. The van der Waals surface area contributed by atoms with Gasteiger partial charge in [0.1, 0.15) is 18.8 Å². The van der Waals surface area contributed by atoms with Gasteiger partial charge in [0.05, 0.1) is 7.11 Å². The summed E-state index contributed by atoms with van der Waals surface area (Å²) in [6.07, 6.45) is 2.18. The summed E-state index contributed by atoms with van der Waals surface area (Å²) in [6.45, 7) is 6.67. The fraction of sp³-hybridized carbons (Fsp3) is 0.636. The minimum absolute atomic E-state index is 0.261. The summed E-state index contributed by atoms with van der Waals surface area (Å²) in [7, 11) is 1.25. The fourth-order valence-electron chi connectivity index (χ4n) is 0.824. The maximum absolute atomic E-state index is 11.3. The van der Waals surface area contributed by atoms with Crippen LogP contribution in [0.4, 0.5) is 0 Å². The van der Waals surface area contributed by atoms with Crippen LogP contribution in [0.15, 0.2) is 12.7 Å². The van der Waals surface area contributed by atoms with Crippen molar-refractivity contribution in [3.05, 3.63) is 12.7 Å². The van der Waals surface area contributed by atoms with E-state index >= 15 is 0 Å². The van der Waals surface area contributed by atoms with Crippen molar-refractivity contribution in [3.63, 3.8) is 0 Å². The Morgan fingerprint density at radius 2 is 1.88 bits per heavy atom. The number of methoxy groups -OCH3 is 1. The molecule has 0 aromatic carbocycles. The van der Waals surface area contributed by atoms with Gasteiger partial charge in [0, 0.05) is 0 Å². The first-order chi connectivity index (χ1) is 7.47. The summed E-state index contributed by atoms with van der Waals surface area (Å²) in [6, 6.07) is 0. The molecule has 0 heterocycles. The van der Waals surface area contributed by atoms with Crippen LogP contribution in [0.25, 0.3) is 0 Å². The number of hydrogen-bond donors (Lipinski definition) is 0. The van der Waals surface area contributed by atoms with Crippen LogP contribution in [0.1, 0.15) is 20.3 Å². The van der Waals surface area contributed by atoms with Gasteiger partial charge in [0.2, 0.25) is 0 Å². The minimum Gasteiger partial charge on any atom is -0.467 e. The van der Waals surface area contributed by atoms with Gasteiger partial charge in [-0.05, 0) is 19.4 Å². The van der Waals surface area contributed by atoms with E-state index in [4.69, 9.17) is 9.47 Å². The molecule has 0 aliphatic carbocycles. The normalized spacial score (nSPS) is 13.7. The van der Waals surface area contributed by atoms with E-state index in [0.29, 0.717) is 6.42 Å². The van der Waals surface area contributed by atoms with E-state index in [1.807, 2.05) is 6.92 Å². The summed E-state index contributed by atoms with van der Waals surface area (Å²) in [5, 5.41) is 0. The van der Waals surface area contributed by atoms with Crippen LogP contribution < -0.4 is 0 Å². The Kier molecular flexibility index (Phi) is 6.41. The first-order valence-corrected chi connectivity index (χ1v) is 4.97. The minimum atomic E-state index is -0.689. The summed E-state index contributed by atoms with van der Waals surface area (Å²) in [4.78, 5) is 22.0. The highest BCUT2D eigenvalue weighted by atomic mass is 16.6. The third kappa shape index (κ3) is 5.50. The highest BCUT2D eigenvalue weighted by Gasteiger charge is 2.22. The van der Waals surface area contributed by atoms with E-state index < -0.39 is 17.5 Å². The number of rotatable bonds is 7. The van der Waals surface area contributed by atoms with E-state index in [1.54, 1.807) is 13.0 Å². The van der Waals surface area contributed by atoms with Gasteiger partial charge in [-0.15, -0.1) is 0 Å².